The van der Waals surface area contributed by atoms with Crippen molar-refractivity contribution in [2.45, 2.75) is 36.5 Å². The molecule has 0 aromatic carbocycles. The third-order valence-corrected chi connectivity index (χ3v) is 3.77. The van der Waals surface area contributed by atoms with Gasteiger partial charge >= 0.3 is 5.97 Å². The molecule has 0 bridgehead atoms. The minimum atomic E-state index is -2.06. The molecule has 0 spiro atoms. The van der Waals surface area contributed by atoms with Crippen molar-refractivity contribution >= 4 is 46.6 Å². The number of carbonyl (C=O) groups is 2. The molecule has 7 heteroatoms. The average Bonchev–Trinajstić information content (AvgIpc) is 2.81. The number of methoxy groups -OCH3 is 1. The van der Waals surface area contributed by atoms with Crippen LogP contribution >= 0.6 is 34.8 Å². The number of carbonyl (C=O) groups excluding carboxylic acids is 2. The first-order valence-electron chi connectivity index (χ1n) is 5.97. The highest BCUT2D eigenvalue weighted by molar-refractivity contribution is 6.77. The van der Waals surface area contributed by atoms with E-state index in [4.69, 9.17) is 39.5 Å². The van der Waals surface area contributed by atoms with E-state index in [0.29, 0.717) is 0 Å². The van der Waals surface area contributed by atoms with Gasteiger partial charge in [-0.15, -0.1) is 0 Å². The quantitative estimate of drug-likeness (QED) is 0.473. The predicted molar refractivity (Wildman–Crippen MR) is 80.0 cm³/mol. The van der Waals surface area contributed by atoms with E-state index in [0.717, 1.165) is 6.42 Å². The van der Waals surface area contributed by atoms with Crippen LogP contribution in [0.2, 0.25) is 0 Å². The van der Waals surface area contributed by atoms with Crippen LogP contribution in [0.5, 0.6) is 0 Å². The Kier molecular flexibility index (Phi) is 5.17. The van der Waals surface area contributed by atoms with Crippen molar-refractivity contribution in [1.29, 1.82) is 0 Å². The Balaban J connectivity index is 3.41. The van der Waals surface area contributed by atoms with E-state index in [1.807, 2.05) is 20.8 Å². The summed E-state index contributed by atoms with van der Waals surface area (Å²) in [5.74, 6) is -1.23. The van der Waals surface area contributed by atoms with Gasteiger partial charge in [-0.2, -0.15) is 0 Å². The molecule has 0 unspecified atom stereocenters. The lowest BCUT2D eigenvalue weighted by Crippen LogP contribution is -2.28. The molecule has 0 amide bonds. The van der Waals surface area contributed by atoms with Gasteiger partial charge in [0.1, 0.15) is 5.69 Å². The van der Waals surface area contributed by atoms with Gasteiger partial charge < -0.3 is 9.30 Å². The molecule has 20 heavy (non-hydrogen) atoms. The van der Waals surface area contributed by atoms with Gasteiger partial charge in [-0.25, -0.2) is 4.79 Å². The number of ether oxygens (including phenoxy) is 1. The summed E-state index contributed by atoms with van der Waals surface area (Å²) in [6, 6.07) is 1.38. The molecule has 0 fully saturated rings. The fourth-order valence-electron chi connectivity index (χ4n) is 1.68. The molecule has 0 saturated carbocycles. The predicted octanol–water partition coefficient (Wildman–Crippen LogP) is 3.97. The molecule has 0 atom stereocenters. The minimum Gasteiger partial charge on any atom is -0.464 e. The Hall–Kier alpha value is -0.710. The number of alkyl halides is 3. The zero-order valence-electron chi connectivity index (χ0n) is 11.7. The standard InChI is InChI=1S/C13H16Cl3NO3/c1-5-12(2,3)17-7-8(10(18)13(14,15)16)6-9(17)11(19)20-4/h6-7H,5H2,1-4H3. The summed E-state index contributed by atoms with van der Waals surface area (Å²) in [6.45, 7) is 5.84. The summed E-state index contributed by atoms with van der Waals surface area (Å²) in [4.78, 5) is 23.8. The fraction of sp³-hybridized carbons (Fsp3) is 0.538. The van der Waals surface area contributed by atoms with Crippen molar-refractivity contribution < 1.29 is 14.3 Å². The van der Waals surface area contributed by atoms with E-state index in [-0.39, 0.29) is 16.8 Å². The van der Waals surface area contributed by atoms with E-state index in [1.165, 1.54) is 19.4 Å². The van der Waals surface area contributed by atoms with Crippen molar-refractivity contribution in [3.63, 3.8) is 0 Å². The summed E-state index contributed by atoms with van der Waals surface area (Å²) < 4.78 is 4.33. The van der Waals surface area contributed by atoms with Crippen LogP contribution in [0.1, 0.15) is 48.0 Å². The Morgan fingerprint density at radius 2 is 1.85 bits per heavy atom. The number of ketones is 1. The van der Waals surface area contributed by atoms with Gasteiger partial charge in [-0.3, -0.25) is 4.79 Å². The Morgan fingerprint density at radius 1 is 1.30 bits per heavy atom. The average molecular weight is 341 g/mol. The molecule has 1 rings (SSSR count). The maximum atomic E-state index is 12.0. The summed E-state index contributed by atoms with van der Waals surface area (Å²) in [5, 5.41) is 0. The number of esters is 1. The Bertz CT molecular complexity index is 529. The van der Waals surface area contributed by atoms with Crippen molar-refractivity contribution in [2.75, 3.05) is 7.11 Å². The lowest BCUT2D eigenvalue weighted by atomic mass is 10.0. The summed E-state index contributed by atoms with van der Waals surface area (Å²) in [6.07, 6.45) is 2.26. The minimum absolute atomic E-state index is 0.159. The van der Waals surface area contributed by atoms with Gasteiger partial charge in [0.2, 0.25) is 5.78 Å². The summed E-state index contributed by atoms with van der Waals surface area (Å²) in [5.41, 5.74) is 0.0271. The molecule has 0 radical (unpaired) electrons. The van der Waals surface area contributed by atoms with Crippen LogP contribution in [0.25, 0.3) is 0 Å². The van der Waals surface area contributed by atoms with Gasteiger partial charge in [0.15, 0.2) is 0 Å². The van der Waals surface area contributed by atoms with Gasteiger partial charge in [-0.05, 0) is 26.3 Å². The third-order valence-electron chi connectivity index (χ3n) is 3.25. The van der Waals surface area contributed by atoms with E-state index in [9.17, 15) is 9.59 Å². The molecule has 0 aliphatic carbocycles. The smallest absolute Gasteiger partial charge is 0.354 e. The van der Waals surface area contributed by atoms with Gasteiger partial charge in [0, 0.05) is 17.3 Å². The zero-order chi connectivity index (χ0) is 15.7. The molecule has 4 nitrogen and oxygen atoms in total. The molecule has 0 aliphatic heterocycles. The fourth-order valence-corrected chi connectivity index (χ4v) is 2.01. The topological polar surface area (TPSA) is 48.3 Å². The lowest BCUT2D eigenvalue weighted by Gasteiger charge is -2.27. The van der Waals surface area contributed by atoms with Gasteiger partial charge in [0.05, 0.1) is 7.11 Å². The number of Topliss-reactive ketones (excluding diaryl/α,β-unsaturated/α-hetero) is 1. The van der Waals surface area contributed by atoms with Crippen molar-refractivity contribution in [3.05, 3.63) is 23.5 Å². The van der Waals surface area contributed by atoms with Crippen molar-refractivity contribution in [1.82, 2.24) is 4.57 Å². The van der Waals surface area contributed by atoms with E-state index >= 15 is 0 Å². The van der Waals surface area contributed by atoms with Crippen LogP contribution in [0.3, 0.4) is 0 Å². The number of aromatic nitrogens is 1. The highest BCUT2D eigenvalue weighted by Gasteiger charge is 2.35. The second-order valence-corrected chi connectivity index (χ2v) is 7.25. The Morgan fingerprint density at radius 3 is 2.25 bits per heavy atom. The molecule has 0 aliphatic rings. The van der Waals surface area contributed by atoms with Crippen LogP contribution in [-0.2, 0) is 10.3 Å². The first kappa shape index (κ1) is 17.3. The van der Waals surface area contributed by atoms with Crippen LogP contribution in [0, 0.1) is 0 Å². The molecule has 0 saturated heterocycles. The van der Waals surface area contributed by atoms with Gasteiger partial charge in [-0.1, -0.05) is 41.7 Å². The molecular weight excluding hydrogens is 325 g/mol. The highest BCUT2D eigenvalue weighted by atomic mass is 35.6. The number of hydrogen-bond acceptors (Lipinski definition) is 3. The maximum absolute atomic E-state index is 12.0. The number of hydrogen-bond donors (Lipinski definition) is 0. The lowest BCUT2D eigenvalue weighted by molar-refractivity contribution is 0.0580. The van der Waals surface area contributed by atoms with Crippen LogP contribution in [0.4, 0.5) is 0 Å². The molecule has 1 aromatic heterocycles. The Labute approximate surface area is 132 Å². The first-order valence-corrected chi connectivity index (χ1v) is 7.10. The monoisotopic (exact) mass is 339 g/mol. The second-order valence-electron chi connectivity index (χ2n) is 4.97. The van der Waals surface area contributed by atoms with E-state index < -0.39 is 15.5 Å². The zero-order valence-corrected chi connectivity index (χ0v) is 13.9. The van der Waals surface area contributed by atoms with Crippen molar-refractivity contribution in [3.8, 4) is 0 Å². The van der Waals surface area contributed by atoms with Crippen molar-refractivity contribution in [2.24, 2.45) is 0 Å². The third kappa shape index (κ3) is 3.48. The van der Waals surface area contributed by atoms with Gasteiger partial charge in [0.25, 0.3) is 3.79 Å². The molecule has 1 aromatic rings. The number of nitrogens with zero attached hydrogens (tertiary/aromatic N) is 1. The number of rotatable bonds is 4. The van der Waals surface area contributed by atoms with E-state index in [2.05, 4.69) is 0 Å². The molecule has 112 valence electrons. The molecule has 1 heterocycles. The summed E-state index contributed by atoms with van der Waals surface area (Å²) >= 11 is 16.8. The van der Waals surface area contributed by atoms with Crippen LogP contribution in [0.15, 0.2) is 12.3 Å². The number of halogens is 3. The first-order chi connectivity index (χ1) is 9.04. The second kappa shape index (κ2) is 5.96. The summed E-state index contributed by atoms with van der Waals surface area (Å²) in [7, 11) is 1.27. The maximum Gasteiger partial charge on any atom is 0.354 e. The normalized spacial score (nSPS) is 12.3. The van der Waals surface area contributed by atoms with Crippen LogP contribution in [-0.4, -0.2) is 27.2 Å². The molecular formula is C13H16Cl3NO3. The van der Waals surface area contributed by atoms with E-state index in [1.54, 1.807) is 4.57 Å². The SMILES string of the molecule is CCC(C)(C)n1cc(C(=O)C(Cl)(Cl)Cl)cc1C(=O)OC. The molecule has 0 N–H and O–H groups in total. The highest BCUT2D eigenvalue weighted by Crippen LogP contribution is 2.32. The largest absolute Gasteiger partial charge is 0.464 e. The van der Waals surface area contributed by atoms with Crippen LogP contribution < -0.4 is 0 Å².